The van der Waals surface area contributed by atoms with Crippen LogP contribution in [-0.4, -0.2) is 15.7 Å². The van der Waals surface area contributed by atoms with Crippen LogP contribution in [0, 0.1) is 0 Å². The molecule has 152 valence electrons. The smallest absolute Gasteiger partial charge is 0.321 e. The van der Waals surface area contributed by atoms with Gasteiger partial charge in [-0.2, -0.15) is 27.1 Å². The van der Waals surface area contributed by atoms with Gasteiger partial charge in [0.15, 0.2) is 5.69 Å². The molecule has 0 atom stereocenters. The second kappa shape index (κ2) is 7.47. The summed E-state index contributed by atoms with van der Waals surface area (Å²) in [7, 11) is 1.36. The molecule has 0 saturated heterocycles. The van der Waals surface area contributed by atoms with Gasteiger partial charge in [-0.1, -0.05) is 30.3 Å². The quantitative estimate of drug-likeness (QED) is 0.430. The molecule has 1 amide bonds. The van der Waals surface area contributed by atoms with Crippen LogP contribution in [0.15, 0.2) is 54.7 Å². The molecule has 1 aromatic heterocycles. The molecular weight excluding hydrogens is 417 g/mol. The number of nitrogens with one attached hydrogen (secondary N) is 1. The Balaban J connectivity index is 1.94. The van der Waals surface area contributed by atoms with Gasteiger partial charge in [0.1, 0.15) is 0 Å². The van der Waals surface area contributed by atoms with Crippen molar-refractivity contribution in [3.63, 3.8) is 0 Å². The number of hydrogen-bond acceptors (Lipinski definition) is 2. The van der Waals surface area contributed by atoms with Gasteiger partial charge in [0.05, 0.1) is 11.1 Å². The van der Waals surface area contributed by atoms with Crippen LogP contribution in [0.5, 0.6) is 0 Å². The van der Waals surface area contributed by atoms with Crippen molar-refractivity contribution in [1.82, 2.24) is 9.78 Å². The van der Waals surface area contributed by atoms with Crippen LogP contribution in [-0.2, 0) is 18.6 Å². The van der Waals surface area contributed by atoms with E-state index in [4.69, 9.17) is 11.6 Å². The normalized spacial score (nSPS) is 12.1. The van der Waals surface area contributed by atoms with Crippen LogP contribution in [0.4, 0.5) is 27.6 Å². The lowest BCUT2D eigenvalue weighted by Gasteiger charge is -2.13. The van der Waals surface area contributed by atoms with Crippen molar-refractivity contribution in [2.24, 2.45) is 7.05 Å². The molecule has 0 aliphatic rings. The average Bonchev–Trinajstić information content (AvgIpc) is 3.04. The van der Waals surface area contributed by atoms with E-state index >= 15 is 0 Å². The van der Waals surface area contributed by atoms with Gasteiger partial charge >= 0.3 is 11.6 Å². The van der Waals surface area contributed by atoms with E-state index in [1.807, 2.05) is 0 Å². The average molecular weight is 430 g/mol. The number of halogens is 6. The molecule has 29 heavy (non-hydrogen) atoms. The number of nitrogens with zero attached hydrogens (tertiary/aromatic N) is 2. The number of aryl methyl sites for hydroxylation is 1. The molecule has 4 nitrogen and oxygen atoms in total. The largest absolute Gasteiger partial charge is 0.416 e. The molecule has 0 unspecified atom stereocenters. The van der Waals surface area contributed by atoms with Gasteiger partial charge in [0.2, 0.25) is 0 Å². The zero-order chi connectivity index (χ0) is 21.4. The standard InChI is InChI=1S/C19H13ClF5N3O/c1-28-10-14(16(27-28)18(20,21)22)17(29)26-15-5-3-2-4-13(15)11-6-8-12(9-7-11)19(23,24)25/h2-10H,1H3,(H,26,29). The minimum atomic E-state index is -4.48. The van der Waals surface area contributed by atoms with Crippen LogP contribution in [0.25, 0.3) is 11.1 Å². The van der Waals surface area contributed by atoms with E-state index in [0.717, 1.165) is 23.0 Å². The Kier molecular flexibility index (Phi) is 5.36. The van der Waals surface area contributed by atoms with Gasteiger partial charge in [0.25, 0.3) is 5.91 Å². The molecule has 0 radical (unpaired) electrons. The Morgan fingerprint density at radius 2 is 1.66 bits per heavy atom. The van der Waals surface area contributed by atoms with Gasteiger partial charge in [-0.15, -0.1) is 0 Å². The fourth-order valence-corrected chi connectivity index (χ4v) is 2.88. The maximum Gasteiger partial charge on any atom is 0.416 e. The number of anilines is 1. The van der Waals surface area contributed by atoms with Crippen molar-refractivity contribution in [2.45, 2.75) is 11.6 Å². The highest BCUT2D eigenvalue weighted by Crippen LogP contribution is 2.35. The third-order valence-corrected chi connectivity index (χ3v) is 4.22. The van der Waals surface area contributed by atoms with E-state index in [2.05, 4.69) is 10.4 Å². The van der Waals surface area contributed by atoms with Crippen molar-refractivity contribution >= 4 is 23.2 Å². The van der Waals surface area contributed by atoms with Crippen molar-refractivity contribution in [1.29, 1.82) is 0 Å². The van der Waals surface area contributed by atoms with Gasteiger partial charge in [-0.05, 0) is 35.4 Å². The third-order valence-electron chi connectivity index (χ3n) is 4.04. The number of carbonyl (C=O) groups excluding carboxylic acids is 1. The summed E-state index contributed by atoms with van der Waals surface area (Å²) < 4.78 is 66.4. The van der Waals surface area contributed by atoms with E-state index < -0.39 is 34.3 Å². The molecule has 10 heteroatoms. The predicted molar refractivity (Wildman–Crippen MR) is 97.8 cm³/mol. The fraction of sp³-hybridized carbons (Fsp3) is 0.158. The molecule has 3 rings (SSSR count). The molecule has 0 aliphatic carbocycles. The summed E-state index contributed by atoms with van der Waals surface area (Å²) in [6, 6.07) is 10.7. The summed E-state index contributed by atoms with van der Waals surface area (Å²) in [4.78, 5) is 12.6. The van der Waals surface area contributed by atoms with Crippen LogP contribution in [0.1, 0.15) is 21.6 Å². The Morgan fingerprint density at radius 3 is 2.24 bits per heavy atom. The highest BCUT2D eigenvalue weighted by Gasteiger charge is 2.36. The number of alkyl halides is 6. The molecule has 3 aromatic rings. The maximum atomic E-state index is 13.5. The lowest BCUT2D eigenvalue weighted by atomic mass is 10.0. The van der Waals surface area contributed by atoms with Crippen LogP contribution < -0.4 is 5.32 Å². The number of hydrogen-bond donors (Lipinski definition) is 1. The van der Waals surface area contributed by atoms with Gasteiger partial charge in [0, 0.05) is 24.5 Å². The molecule has 0 aliphatic heterocycles. The molecule has 0 bridgehead atoms. The minimum absolute atomic E-state index is 0.227. The first kappa shape index (κ1) is 20.8. The fourth-order valence-electron chi connectivity index (χ4n) is 2.74. The summed E-state index contributed by atoms with van der Waals surface area (Å²) in [5.74, 6) is -0.882. The van der Waals surface area contributed by atoms with Crippen molar-refractivity contribution < 1.29 is 26.7 Å². The van der Waals surface area contributed by atoms with Crippen molar-refractivity contribution in [3.8, 4) is 11.1 Å². The lowest BCUT2D eigenvalue weighted by molar-refractivity contribution is -0.137. The van der Waals surface area contributed by atoms with Crippen molar-refractivity contribution in [3.05, 3.63) is 71.5 Å². The number of benzene rings is 2. The van der Waals surface area contributed by atoms with E-state index in [0.29, 0.717) is 11.1 Å². The second-order valence-corrected chi connectivity index (χ2v) is 6.61. The van der Waals surface area contributed by atoms with E-state index in [9.17, 15) is 26.7 Å². The highest BCUT2D eigenvalue weighted by molar-refractivity contribution is 6.22. The monoisotopic (exact) mass is 429 g/mol. The molecule has 0 spiro atoms. The van der Waals surface area contributed by atoms with Gasteiger partial charge in [-0.25, -0.2) is 0 Å². The van der Waals surface area contributed by atoms with Gasteiger partial charge in [-0.3, -0.25) is 9.48 Å². The third kappa shape index (κ3) is 4.56. The number of carbonyl (C=O) groups is 1. The number of rotatable bonds is 4. The topological polar surface area (TPSA) is 46.9 Å². The maximum absolute atomic E-state index is 13.5. The molecular formula is C19H13ClF5N3O. The zero-order valence-electron chi connectivity index (χ0n) is 14.8. The second-order valence-electron chi connectivity index (χ2n) is 6.14. The summed E-state index contributed by atoms with van der Waals surface area (Å²) in [5.41, 5.74) is -1.08. The first-order valence-electron chi connectivity index (χ1n) is 8.15. The molecule has 2 aromatic carbocycles. The summed E-state index contributed by atoms with van der Waals surface area (Å²) in [6.07, 6.45) is -3.38. The SMILES string of the molecule is Cn1cc(C(=O)Nc2ccccc2-c2ccc(C(F)(F)F)cc2)c(C(F)(F)Cl)n1. The van der Waals surface area contributed by atoms with E-state index in [-0.39, 0.29) is 5.69 Å². The first-order valence-corrected chi connectivity index (χ1v) is 8.53. The van der Waals surface area contributed by atoms with Crippen LogP contribution in [0.3, 0.4) is 0 Å². The number of amides is 1. The van der Waals surface area contributed by atoms with Crippen LogP contribution >= 0.6 is 11.6 Å². The first-order chi connectivity index (χ1) is 13.5. The lowest BCUT2D eigenvalue weighted by Crippen LogP contribution is -2.17. The number of para-hydroxylation sites is 1. The zero-order valence-corrected chi connectivity index (χ0v) is 15.5. The van der Waals surface area contributed by atoms with E-state index in [1.54, 1.807) is 18.2 Å². The van der Waals surface area contributed by atoms with E-state index in [1.165, 1.54) is 25.2 Å². The summed E-state index contributed by atoms with van der Waals surface area (Å²) in [6.45, 7) is 0. The predicted octanol–water partition coefficient (Wildman–Crippen LogP) is 5.65. The Hall–Kier alpha value is -2.94. The molecule has 0 saturated carbocycles. The Labute approximate surface area is 166 Å². The summed E-state index contributed by atoms with van der Waals surface area (Å²) in [5, 5.41) is 2.17. The molecule has 1 N–H and O–H groups in total. The minimum Gasteiger partial charge on any atom is -0.321 e. The van der Waals surface area contributed by atoms with Crippen LogP contribution in [0.2, 0.25) is 0 Å². The molecule has 0 fully saturated rings. The Morgan fingerprint density at radius 1 is 1.03 bits per heavy atom. The molecule has 1 heterocycles. The van der Waals surface area contributed by atoms with Crippen molar-refractivity contribution in [2.75, 3.05) is 5.32 Å². The number of aromatic nitrogens is 2. The Bertz CT molecular complexity index is 1040. The van der Waals surface area contributed by atoms with Gasteiger partial charge < -0.3 is 5.32 Å². The summed E-state index contributed by atoms with van der Waals surface area (Å²) >= 11 is 5.02. The highest BCUT2D eigenvalue weighted by atomic mass is 35.5.